The summed E-state index contributed by atoms with van der Waals surface area (Å²) in [7, 11) is 0. The Morgan fingerprint density at radius 2 is 1.56 bits per heavy atom. The Hall–Kier alpha value is -1.26. The lowest BCUT2D eigenvalue weighted by Crippen LogP contribution is -2.46. The summed E-state index contributed by atoms with van der Waals surface area (Å²) in [4.78, 5) is 28.8. The van der Waals surface area contributed by atoms with Crippen molar-refractivity contribution in [3.05, 3.63) is 0 Å². The van der Waals surface area contributed by atoms with Crippen LogP contribution < -0.4 is 0 Å². The molecule has 0 N–H and O–H groups in total. The number of ether oxygens (including phenoxy) is 1. The molecular formula is C20H34N2O3. The van der Waals surface area contributed by atoms with Gasteiger partial charge < -0.3 is 14.5 Å². The minimum atomic E-state index is -0.486. The molecule has 0 radical (unpaired) electrons. The Bertz CT molecular complexity index is 496. The second-order valence-electron chi connectivity index (χ2n) is 9.30. The van der Waals surface area contributed by atoms with Crippen molar-refractivity contribution in [2.75, 3.05) is 26.2 Å². The van der Waals surface area contributed by atoms with Gasteiger partial charge in [0.15, 0.2) is 0 Å². The number of carbonyl (C=O) groups excluding carboxylic acids is 2. The van der Waals surface area contributed by atoms with Gasteiger partial charge in [-0.2, -0.15) is 0 Å². The number of nitrogens with zero attached hydrogens (tertiary/aromatic N) is 2. The first-order chi connectivity index (χ1) is 11.8. The molecule has 1 saturated carbocycles. The number of hydrogen-bond acceptors (Lipinski definition) is 3. The minimum Gasteiger partial charge on any atom is -0.444 e. The van der Waals surface area contributed by atoms with Gasteiger partial charge in [-0.25, -0.2) is 4.79 Å². The second-order valence-corrected chi connectivity index (χ2v) is 9.30. The summed E-state index contributed by atoms with van der Waals surface area (Å²) in [6.07, 6.45) is 9.62. The van der Waals surface area contributed by atoms with Crippen LogP contribution in [0.25, 0.3) is 0 Å². The zero-order valence-electron chi connectivity index (χ0n) is 16.2. The highest BCUT2D eigenvalue weighted by Crippen LogP contribution is 2.44. The van der Waals surface area contributed by atoms with Crippen LogP contribution >= 0.6 is 0 Å². The van der Waals surface area contributed by atoms with E-state index >= 15 is 0 Å². The van der Waals surface area contributed by atoms with E-state index in [1.54, 1.807) is 4.90 Å². The topological polar surface area (TPSA) is 49.9 Å². The molecule has 2 amide bonds. The maximum absolute atomic E-state index is 12.9. The van der Waals surface area contributed by atoms with E-state index in [-0.39, 0.29) is 17.9 Å². The number of hydrogen-bond donors (Lipinski definition) is 0. The largest absolute Gasteiger partial charge is 0.444 e. The van der Waals surface area contributed by atoms with Crippen LogP contribution in [0.2, 0.25) is 0 Å². The number of amides is 2. The molecule has 1 unspecified atom stereocenters. The quantitative estimate of drug-likeness (QED) is 0.722. The maximum atomic E-state index is 12.9. The molecule has 25 heavy (non-hydrogen) atoms. The smallest absolute Gasteiger partial charge is 0.410 e. The predicted octanol–water partition coefficient (Wildman–Crippen LogP) is 3.82. The van der Waals surface area contributed by atoms with Crippen molar-refractivity contribution < 1.29 is 14.3 Å². The van der Waals surface area contributed by atoms with Crippen LogP contribution in [0.5, 0.6) is 0 Å². The molecule has 1 spiro atoms. The Morgan fingerprint density at radius 3 is 2.16 bits per heavy atom. The van der Waals surface area contributed by atoms with E-state index in [0.29, 0.717) is 18.5 Å². The lowest BCUT2D eigenvalue weighted by atomic mass is 9.68. The standard InChI is InChI=1S/C20H34N2O3/c1-19(2,3)25-18(24)22-12-7-16(15-22)17(23)21-13-10-20(11-14-21)8-5-4-6-9-20/h16H,4-15H2,1-3H3. The maximum Gasteiger partial charge on any atom is 0.410 e. The first-order valence-corrected chi connectivity index (χ1v) is 10.0. The fraction of sp³-hybridized carbons (Fsp3) is 0.900. The van der Waals surface area contributed by atoms with E-state index < -0.39 is 5.60 Å². The van der Waals surface area contributed by atoms with Gasteiger partial charge in [-0.05, 0) is 58.3 Å². The van der Waals surface area contributed by atoms with Gasteiger partial charge in [-0.3, -0.25) is 4.79 Å². The van der Waals surface area contributed by atoms with Crippen LogP contribution in [0.15, 0.2) is 0 Å². The van der Waals surface area contributed by atoms with Gasteiger partial charge >= 0.3 is 6.09 Å². The predicted molar refractivity (Wildman–Crippen MR) is 97.2 cm³/mol. The molecule has 0 aromatic rings. The Morgan fingerprint density at radius 1 is 0.920 bits per heavy atom. The van der Waals surface area contributed by atoms with E-state index in [1.165, 1.54) is 44.9 Å². The van der Waals surface area contributed by atoms with Gasteiger partial charge in [-0.15, -0.1) is 0 Å². The Kier molecular flexibility index (Phi) is 5.31. The highest BCUT2D eigenvalue weighted by atomic mass is 16.6. The molecule has 1 atom stereocenters. The van der Waals surface area contributed by atoms with Gasteiger partial charge in [0.2, 0.25) is 5.91 Å². The molecule has 3 aliphatic rings. The van der Waals surface area contributed by atoms with Crippen LogP contribution in [-0.2, 0) is 9.53 Å². The molecule has 5 heteroatoms. The van der Waals surface area contributed by atoms with Crippen molar-refractivity contribution >= 4 is 12.0 Å². The number of likely N-dealkylation sites (tertiary alicyclic amines) is 2. The second kappa shape index (κ2) is 7.16. The summed E-state index contributed by atoms with van der Waals surface area (Å²) in [5.41, 5.74) is 0.0353. The number of carbonyl (C=O) groups is 2. The van der Waals surface area contributed by atoms with Crippen LogP contribution in [0.4, 0.5) is 4.79 Å². The monoisotopic (exact) mass is 350 g/mol. The Labute approximate surface area is 152 Å². The zero-order chi connectivity index (χ0) is 18.1. The van der Waals surface area contributed by atoms with Gasteiger partial charge in [0.25, 0.3) is 0 Å². The van der Waals surface area contributed by atoms with Crippen LogP contribution in [-0.4, -0.2) is 53.6 Å². The van der Waals surface area contributed by atoms with Crippen molar-refractivity contribution in [2.24, 2.45) is 11.3 Å². The highest BCUT2D eigenvalue weighted by molar-refractivity contribution is 5.81. The normalized spacial score (nSPS) is 26.8. The van der Waals surface area contributed by atoms with Crippen molar-refractivity contribution in [1.82, 2.24) is 9.80 Å². The molecule has 142 valence electrons. The number of rotatable bonds is 1. The minimum absolute atomic E-state index is 0.0482. The average Bonchev–Trinajstić information content (AvgIpc) is 3.04. The van der Waals surface area contributed by atoms with E-state index in [0.717, 1.165) is 19.5 Å². The Balaban J connectivity index is 1.49. The first kappa shape index (κ1) is 18.5. The fourth-order valence-corrected chi connectivity index (χ4v) is 4.72. The third-order valence-corrected chi connectivity index (χ3v) is 6.24. The highest BCUT2D eigenvalue weighted by Gasteiger charge is 2.40. The summed E-state index contributed by atoms with van der Waals surface area (Å²) in [5, 5.41) is 0. The summed E-state index contributed by atoms with van der Waals surface area (Å²) in [6.45, 7) is 8.57. The van der Waals surface area contributed by atoms with E-state index in [9.17, 15) is 9.59 Å². The van der Waals surface area contributed by atoms with Gasteiger partial charge in [0.05, 0.1) is 5.92 Å². The molecule has 5 nitrogen and oxygen atoms in total. The molecule has 2 saturated heterocycles. The van der Waals surface area contributed by atoms with Crippen molar-refractivity contribution in [3.8, 4) is 0 Å². The number of piperidine rings is 1. The van der Waals surface area contributed by atoms with Crippen LogP contribution in [0.3, 0.4) is 0 Å². The van der Waals surface area contributed by atoms with Crippen LogP contribution in [0.1, 0.15) is 72.1 Å². The van der Waals surface area contributed by atoms with Gasteiger partial charge in [0.1, 0.15) is 5.60 Å². The van der Waals surface area contributed by atoms with Gasteiger partial charge in [0, 0.05) is 26.2 Å². The summed E-state index contributed by atoms with van der Waals surface area (Å²) < 4.78 is 5.43. The SMILES string of the molecule is CC(C)(C)OC(=O)N1CCC(C(=O)N2CCC3(CCCCC3)CC2)C1. The van der Waals surface area contributed by atoms with Crippen molar-refractivity contribution in [2.45, 2.75) is 77.7 Å². The van der Waals surface area contributed by atoms with E-state index in [1.807, 2.05) is 20.8 Å². The van der Waals surface area contributed by atoms with Crippen molar-refractivity contribution in [3.63, 3.8) is 0 Å². The summed E-state index contributed by atoms with van der Waals surface area (Å²) >= 11 is 0. The van der Waals surface area contributed by atoms with Crippen LogP contribution in [0, 0.1) is 11.3 Å². The van der Waals surface area contributed by atoms with Gasteiger partial charge in [-0.1, -0.05) is 19.3 Å². The van der Waals surface area contributed by atoms with E-state index in [4.69, 9.17) is 4.74 Å². The lowest BCUT2D eigenvalue weighted by Gasteiger charge is -2.44. The molecule has 3 fully saturated rings. The molecule has 0 aromatic heterocycles. The summed E-state index contributed by atoms with van der Waals surface area (Å²) in [6, 6.07) is 0. The third-order valence-electron chi connectivity index (χ3n) is 6.24. The fourth-order valence-electron chi connectivity index (χ4n) is 4.72. The molecule has 2 heterocycles. The molecule has 1 aliphatic carbocycles. The zero-order valence-corrected chi connectivity index (χ0v) is 16.2. The summed E-state index contributed by atoms with van der Waals surface area (Å²) in [5.74, 6) is 0.199. The average molecular weight is 351 g/mol. The third kappa shape index (κ3) is 4.48. The molecule has 3 rings (SSSR count). The van der Waals surface area contributed by atoms with E-state index in [2.05, 4.69) is 4.90 Å². The molecule has 0 bridgehead atoms. The first-order valence-electron chi connectivity index (χ1n) is 10.0. The molecule has 2 aliphatic heterocycles. The lowest BCUT2D eigenvalue weighted by molar-refractivity contribution is -0.137. The molecule has 0 aromatic carbocycles. The molecular weight excluding hydrogens is 316 g/mol. The van der Waals surface area contributed by atoms with Crippen molar-refractivity contribution in [1.29, 1.82) is 0 Å².